The fraction of sp³-hybridized carbons (Fsp3) is 0.500. The van der Waals surface area contributed by atoms with Gasteiger partial charge in [-0.15, -0.1) is 0 Å². The molecular weight excluding hydrogens is 310 g/mol. The molecule has 6 heteroatoms. The van der Waals surface area contributed by atoms with Gasteiger partial charge in [0.05, 0.1) is 7.11 Å². The van der Waals surface area contributed by atoms with Gasteiger partial charge in [0.25, 0.3) is 5.91 Å². The van der Waals surface area contributed by atoms with Crippen LogP contribution in [0.25, 0.3) is 0 Å². The third kappa shape index (κ3) is 4.41. The van der Waals surface area contributed by atoms with Crippen LogP contribution < -0.4 is 5.32 Å². The number of rotatable bonds is 6. The molecule has 1 aromatic carbocycles. The van der Waals surface area contributed by atoms with E-state index in [2.05, 4.69) is 5.32 Å². The van der Waals surface area contributed by atoms with Crippen LogP contribution >= 0.6 is 0 Å². The molecule has 0 aliphatic heterocycles. The number of ketones is 1. The van der Waals surface area contributed by atoms with Crippen LogP contribution in [0.15, 0.2) is 30.3 Å². The Morgan fingerprint density at radius 3 is 2.50 bits per heavy atom. The molecule has 0 spiro atoms. The van der Waals surface area contributed by atoms with Gasteiger partial charge in [-0.1, -0.05) is 30.3 Å². The van der Waals surface area contributed by atoms with Gasteiger partial charge in [0.1, 0.15) is 11.8 Å². The van der Waals surface area contributed by atoms with Crippen molar-refractivity contribution in [1.82, 2.24) is 5.32 Å². The molecule has 0 aromatic heterocycles. The molecular formula is C18H23NO5. The smallest absolute Gasteiger partial charge is 0.328 e. The van der Waals surface area contributed by atoms with Gasteiger partial charge in [0, 0.05) is 20.0 Å². The monoisotopic (exact) mass is 333 g/mol. The van der Waals surface area contributed by atoms with Gasteiger partial charge in [0.15, 0.2) is 6.10 Å². The predicted octanol–water partition coefficient (Wildman–Crippen LogP) is 1.79. The van der Waals surface area contributed by atoms with Crippen LogP contribution in [0.3, 0.4) is 0 Å². The molecule has 1 fully saturated rings. The van der Waals surface area contributed by atoms with E-state index in [9.17, 15) is 14.4 Å². The van der Waals surface area contributed by atoms with Crippen molar-refractivity contribution in [2.45, 2.75) is 37.8 Å². The van der Waals surface area contributed by atoms with Gasteiger partial charge in [-0.3, -0.25) is 9.59 Å². The minimum atomic E-state index is -0.840. The highest BCUT2D eigenvalue weighted by Gasteiger charge is 2.35. The first-order chi connectivity index (χ1) is 11.6. The number of carbonyl (C=O) groups excluding carboxylic acids is 3. The maximum atomic E-state index is 12.6. The molecule has 1 amide bonds. The summed E-state index contributed by atoms with van der Waals surface area (Å²) in [6, 6.07) is 8.20. The molecule has 130 valence electrons. The van der Waals surface area contributed by atoms with Gasteiger partial charge < -0.3 is 14.8 Å². The average Bonchev–Trinajstić information content (AvgIpc) is 2.60. The minimum Gasteiger partial charge on any atom is -0.467 e. The van der Waals surface area contributed by atoms with Crippen LogP contribution in [-0.2, 0) is 23.9 Å². The fourth-order valence-corrected chi connectivity index (χ4v) is 3.09. The lowest BCUT2D eigenvalue weighted by Crippen LogP contribution is -2.49. The van der Waals surface area contributed by atoms with Gasteiger partial charge in [-0.05, 0) is 24.3 Å². The number of amides is 1. The maximum absolute atomic E-state index is 12.6. The number of ether oxygens (including phenoxy) is 2. The van der Waals surface area contributed by atoms with E-state index in [1.165, 1.54) is 14.2 Å². The normalized spacial score (nSPS) is 20.1. The summed E-state index contributed by atoms with van der Waals surface area (Å²) < 4.78 is 10.1. The van der Waals surface area contributed by atoms with Crippen molar-refractivity contribution >= 4 is 17.7 Å². The van der Waals surface area contributed by atoms with Crippen LogP contribution in [0, 0.1) is 5.92 Å². The van der Waals surface area contributed by atoms with E-state index >= 15 is 0 Å². The molecule has 3 atom stereocenters. The molecule has 1 saturated carbocycles. The number of esters is 1. The molecule has 6 nitrogen and oxygen atoms in total. The van der Waals surface area contributed by atoms with Crippen LogP contribution in [0.2, 0.25) is 0 Å². The summed E-state index contributed by atoms with van der Waals surface area (Å²) >= 11 is 0. The topological polar surface area (TPSA) is 81.7 Å². The molecule has 0 bridgehead atoms. The standard InChI is InChI=1S/C18H23NO5/c1-23-16(12-7-4-3-5-8-12)17(21)19-15(18(22)24-2)13-9-6-10-14(20)11-13/h3-5,7-8,13,15-16H,6,9-11H2,1-2H3,(H,19,21)/t13-,15-,16-/m0/s1. The summed E-state index contributed by atoms with van der Waals surface area (Å²) in [5, 5.41) is 2.72. The Kier molecular flexibility index (Phi) is 6.49. The predicted molar refractivity (Wildman–Crippen MR) is 87.1 cm³/mol. The molecule has 24 heavy (non-hydrogen) atoms. The van der Waals surface area contributed by atoms with Crippen molar-refractivity contribution < 1.29 is 23.9 Å². The molecule has 1 aromatic rings. The Morgan fingerprint density at radius 1 is 1.21 bits per heavy atom. The number of carbonyl (C=O) groups is 3. The van der Waals surface area contributed by atoms with Crippen LogP contribution in [-0.4, -0.2) is 37.9 Å². The Bertz CT molecular complexity index is 586. The van der Waals surface area contributed by atoms with Gasteiger partial charge in [-0.2, -0.15) is 0 Å². The number of methoxy groups -OCH3 is 2. The van der Waals surface area contributed by atoms with Gasteiger partial charge in [-0.25, -0.2) is 4.79 Å². The number of hydrogen-bond acceptors (Lipinski definition) is 5. The van der Waals surface area contributed by atoms with Crippen molar-refractivity contribution in [3.8, 4) is 0 Å². The van der Waals surface area contributed by atoms with Crippen LogP contribution in [0.1, 0.15) is 37.4 Å². The van der Waals surface area contributed by atoms with E-state index in [0.717, 1.165) is 6.42 Å². The zero-order chi connectivity index (χ0) is 17.5. The third-order valence-corrected chi connectivity index (χ3v) is 4.32. The van der Waals surface area contributed by atoms with E-state index in [1.807, 2.05) is 18.2 Å². The molecule has 2 rings (SSSR count). The first kappa shape index (κ1) is 18.1. The first-order valence-corrected chi connectivity index (χ1v) is 8.04. The van der Waals surface area contributed by atoms with E-state index in [0.29, 0.717) is 18.4 Å². The van der Waals surface area contributed by atoms with E-state index in [-0.39, 0.29) is 18.1 Å². The summed E-state index contributed by atoms with van der Waals surface area (Å²) in [4.78, 5) is 36.4. The first-order valence-electron chi connectivity index (χ1n) is 8.04. The van der Waals surface area contributed by atoms with Crippen LogP contribution in [0.5, 0.6) is 0 Å². The quantitative estimate of drug-likeness (QED) is 0.803. The van der Waals surface area contributed by atoms with E-state index in [4.69, 9.17) is 9.47 Å². The van der Waals surface area contributed by atoms with Crippen molar-refractivity contribution in [2.24, 2.45) is 5.92 Å². The Labute approximate surface area is 141 Å². The SMILES string of the molecule is COC(=O)[C@@H](NC(=O)[C@@H](OC)c1ccccc1)[C@H]1CCCC(=O)C1. The summed E-state index contributed by atoms with van der Waals surface area (Å²) in [7, 11) is 2.71. The zero-order valence-electron chi connectivity index (χ0n) is 14.0. The molecule has 1 N–H and O–H groups in total. The van der Waals surface area contributed by atoms with Crippen molar-refractivity contribution in [3.63, 3.8) is 0 Å². The third-order valence-electron chi connectivity index (χ3n) is 4.32. The van der Waals surface area contributed by atoms with Crippen molar-refractivity contribution in [1.29, 1.82) is 0 Å². The Morgan fingerprint density at radius 2 is 1.92 bits per heavy atom. The minimum absolute atomic E-state index is 0.112. The number of nitrogens with one attached hydrogen (secondary N) is 1. The molecule has 0 saturated heterocycles. The molecule has 0 unspecified atom stereocenters. The number of Topliss-reactive ketones (excluding diaryl/α,β-unsaturated/α-hetero) is 1. The number of benzene rings is 1. The lowest BCUT2D eigenvalue weighted by Gasteiger charge is -2.29. The second kappa shape index (κ2) is 8.59. The Hall–Kier alpha value is -2.21. The Balaban J connectivity index is 2.14. The maximum Gasteiger partial charge on any atom is 0.328 e. The molecule has 1 aliphatic rings. The number of hydrogen-bond donors (Lipinski definition) is 1. The second-order valence-electron chi connectivity index (χ2n) is 5.93. The summed E-state index contributed by atoms with van der Waals surface area (Å²) in [6.07, 6.45) is 1.41. The molecule has 0 heterocycles. The van der Waals surface area contributed by atoms with Gasteiger partial charge >= 0.3 is 5.97 Å². The van der Waals surface area contributed by atoms with E-state index in [1.54, 1.807) is 12.1 Å². The van der Waals surface area contributed by atoms with Crippen molar-refractivity contribution in [3.05, 3.63) is 35.9 Å². The highest BCUT2D eigenvalue weighted by Crippen LogP contribution is 2.26. The lowest BCUT2D eigenvalue weighted by atomic mass is 9.83. The highest BCUT2D eigenvalue weighted by molar-refractivity contribution is 5.89. The summed E-state index contributed by atoms with van der Waals surface area (Å²) in [5.74, 6) is -1.08. The second-order valence-corrected chi connectivity index (χ2v) is 5.93. The molecule has 0 radical (unpaired) electrons. The average molecular weight is 333 g/mol. The van der Waals surface area contributed by atoms with E-state index < -0.39 is 24.0 Å². The fourth-order valence-electron chi connectivity index (χ4n) is 3.09. The summed E-state index contributed by atoms with van der Waals surface area (Å²) in [5.41, 5.74) is 0.695. The largest absolute Gasteiger partial charge is 0.467 e. The van der Waals surface area contributed by atoms with Gasteiger partial charge in [0.2, 0.25) is 0 Å². The highest BCUT2D eigenvalue weighted by atomic mass is 16.5. The summed E-state index contributed by atoms with van der Waals surface area (Å²) in [6.45, 7) is 0. The lowest BCUT2D eigenvalue weighted by molar-refractivity contribution is -0.149. The van der Waals surface area contributed by atoms with Crippen molar-refractivity contribution in [2.75, 3.05) is 14.2 Å². The van der Waals surface area contributed by atoms with Crippen LogP contribution in [0.4, 0.5) is 0 Å². The zero-order valence-corrected chi connectivity index (χ0v) is 14.0. The molecule has 1 aliphatic carbocycles.